The summed E-state index contributed by atoms with van der Waals surface area (Å²) in [6.45, 7) is 4.17. The number of carboxylic acid groups (broad SMARTS) is 1. The first-order chi connectivity index (χ1) is 9.99. The lowest BCUT2D eigenvalue weighted by atomic mass is 10.1. The van der Waals surface area contributed by atoms with Gasteiger partial charge in [-0.2, -0.15) is 0 Å². The number of aryl methyl sites for hydroxylation is 1. The van der Waals surface area contributed by atoms with Crippen molar-refractivity contribution in [2.24, 2.45) is 0 Å². The number of benzene rings is 1. The minimum atomic E-state index is -0.805. The summed E-state index contributed by atoms with van der Waals surface area (Å²) in [6, 6.07) is 7.65. The molecule has 1 rings (SSSR count). The average Bonchev–Trinajstić information content (AvgIpc) is 2.40. The van der Waals surface area contributed by atoms with Crippen LogP contribution in [-0.4, -0.2) is 29.6 Å². The topological polar surface area (TPSA) is 75.6 Å². The van der Waals surface area contributed by atoms with Crippen LogP contribution in [0.1, 0.15) is 38.2 Å². The number of hydrogen-bond donors (Lipinski definition) is 2. The summed E-state index contributed by atoms with van der Waals surface area (Å²) in [5.41, 5.74) is 1.04. The van der Waals surface area contributed by atoms with Gasteiger partial charge in [-0.3, -0.25) is 9.59 Å². The molecule has 0 aromatic heterocycles. The van der Waals surface area contributed by atoms with Gasteiger partial charge in [0.05, 0.1) is 13.0 Å². The van der Waals surface area contributed by atoms with Crippen LogP contribution in [0.15, 0.2) is 24.3 Å². The van der Waals surface area contributed by atoms with Gasteiger partial charge in [0.15, 0.2) is 0 Å². The van der Waals surface area contributed by atoms with Crippen LogP contribution >= 0.6 is 0 Å². The quantitative estimate of drug-likeness (QED) is 0.733. The molecular formula is C16H23NO4. The van der Waals surface area contributed by atoms with Crippen LogP contribution in [0, 0.1) is 6.92 Å². The molecule has 116 valence electrons. The Hall–Kier alpha value is -2.04. The van der Waals surface area contributed by atoms with Crippen molar-refractivity contribution in [1.82, 2.24) is 5.32 Å². The summed E-state index contributed by atoms with van der Waals surface area (Å²) in [7, 11) is 0. The molecule has 21 heavy (non-hydrogen) atoms. The van der Waals surface area contributed by atoms with Crippen LogP contribution in [0.5, 0.6) is 5.75 Å². The van der Waals surface area contributed by atoms with Crippen molar-refractivity contribution in [2.75, 3.05) is 6.61 Å². The van der Waals surface area contributed by atoms with Crippen LogP contribution in [0.25, 0.3) is 0 Å². The fraction of sp³-hybridized carbons (Fsp3) is 0.500. The Bertz CT molecular complexity index is 473. The van der Waals surface area contributed by atoms with E-state index in [0.717, 1.165) is 11.3 Å². The minimum absolute atomic E-state index is 0.0182. The molecule has 0 spiro atoms. The van der Waals surface area contributed by atoms with Gasteiger partial charge in [0, 0.05) is 12.5 Å². The zero-order chi connectivity index (χ0) is 15.7. The first kappa shape index (κ1) is 17.0. The monoisotopic (exact) mass is 293 g/mol. The molecule has 2 N–H and O–H groups in total. The van der Waals surface area contributed by atoms with Crippen molar-refractivity contribution in [2.45, 2.75) is 45.6 Å². The lowest BCUT2D eigenvalue weighted by Crippen LogP contribution is -2.33. The number of para-hydroxylation sites is 1. The summed E-state index contributed by atoms with van der Waals surface area (Å²) in [5.74, 6) is -0.0913. The van der Waals surface area contributed by atoms with E-state index in [2.05, 4.69) is 5.32 Å². The third kappa shape index (κ3) is 7.34. The minimum Gasteiger partial charge on any atom is -0.493 e. The second kappa shape index (κ2) is 9.00. The maximum atomic E-state index is 11.7. The zero-order valence-corrected chi connectivity index (χ0v) is 12.6. The van der Waals surface area contributed by atoms with Crippen LogP contribution in [0.2, 0.25) is 0 Å². The second-order valence-corrected chi connectivity index (χ2v) is 5.12. The first-order valence-electron chi connectivity index (χ1n) is 7.18. The Morgan fingerprint density at radius 2 is 2.00 bits per heavy atom. The molecule has 0 bridgehead atoms. The fourth-order valence-corrected chi connectivity index (χ4v) is 1.95. The third-order valence-corrected chi connectivity index (χ3v) is 3.12. The van der Waals surface area contributed by atoms with Gasteiger partial charge in [-0.1, -0.05) is 18.2 Å². The highest BCUT2D eigenvalue weighted by Gasteiger charge is 2.08. The first-order valence-corrected chi connectivity index (χ1v) is 7.18. The normalized spacial score (nSPS) is 11.7. The van der Waals surface area contributed by atoms with Gasteiger partial charge in [-0.25, -0.2) is 0 Å². The van der Waals surface area contributed by atoms with E-state index in [1.165, 1.54) is 0 Å². The number of rotatable bonds is 9. The number of carbonyl (C=O) groups is 2. The predicted octanol–water partition coefficient (Wildman–Crippen LogP) is 2.52. The maximum absolute atomic E-state index is 11.7. The van der Waals surface area contributed by atoms with E-state index in [9.17, 15) is 9.59 Å². The van der Waals surface area contributed by atoms with Crippen molar-refractivity contribution < 1.29 is 19.4 Å². The standard InChI is InChI=1S/C16H23NO4/c1-12-6-3-4-8-14(12)21-11-10-15(18)17-13(2)7-5-9-16(19)20/h3-4,6,8,13H,5,7,9-11H2,1-2H3,(H,17,18)(H,19,20). The van der Waals surface area contributed by atoms with Crippen molar-refractivity contribution in [3.05, 3.63) is 29.8 Å². The summed E-state index contributed by atoms with van der Waals surface area (Å²) in [6.07, 6.45) is 1.65. The van der Waals surface area contributed by atoms with Crippen LogP contribution in [0.3, 0.4) is 0 Å². The third-order valence-electron chi connectivity index (χ3n) is 3.12. The van der Waals surface area contributed by atoms with Gasteiger partial charge in [0.25, 0.3) is 0 Å². The Morgan fingerprint density at radius 3 is 2.67 bits per heavy atom. The molecular weight excluding hydrogens is 270 g/mol. The highest BCUT2D eigenvalue weighted by atomic mass is 16.5. The van der Waals surface area contributed by atoms with Crippen molar-refractivity contribution in [3.8, 4) is 5.75 Å². The summed E-state index contributed by atoms with van der Waals surface area (Å²) in [5, 5.41) is 11.4. The lowest BCUT2D eigenvalue weighted by molar-refractivity contribution is -0.137. The lowest BCUT2D eigenvalue weighted by Gasteiger charge is -2.14. The highest BCUT2D eigenvalue weighted by molar-refractivity contribution is 5.76. The fourth-order valence-electron chi connectivity index (χ4n) is 1.95. The molecule has 0 aliphatic heterocycles. The van der Waals surface area contributed by atoms with Gasteiger partial charge < -0.3 is 15.2 Å². The molecule has 0 heterocycles. The van der Waals surface area contributed by atoms with E-state index in [0.29, 0.717) is 19.4 Å². The molecule has 0 radical (unpaired) electrons. The summed E-state index contributed by atoms with van der Waals surface area (Å²) < 4.78 is 5.56. The zero-order valence-electron chi connectivity index (χ0n) is 12.6. The molecule has 1 unspecified atom stereocenters. The summed E-state index contributed by atoms with van der Waals surface area (Å²) >= 11 is 0. The van der Waals surface area contributed by atoms with Gasteiger partial charge in [-0.15, -0.1) is 0 Å². The Kier molecular flexibility index (Phi) is 7.29. The Labute approximate surface area is 125 Å². The largest absolute Gasteiger partial charge is 0.493 e. The number of aliphatic carboxylic acids is 1. The number of ether oxygens (including phenoxy) is 1. The number of carboxylic acids is 1. The van der Waals surface area contributed by atoms with E-state index in [4.69, 9.17) is 9.84 Å². The second-order valence-electron chi connectivity index (χ2n) is 5.12. The summed E-state index contributed by atoms with van der Waals surface area (Å²) in [4.78, 5) is 22.1. The highest BCUT2D eigenvalue weighted by Crippen LogP contribution is 2.16. The molecule has 5 heteroatoms. The van der Waals surface area contributed by atoms with Gasteiger partial charge in [0.1, 0.15) is 5.75 Å². The molecule has 0 saturated carbocycles. The van der Waals surface area contributed by atoms with Gasteiger partial charge in [0.2, 0.25) is 5.91 Å². The molecule has 5 nitrogen and oxygen atoms in total. The number of hydrogen-bond acceptors (Lipinski definition) is 3. The van der Waals surface area contributed by atoms with Crippen molar-refractivity contribution in [3.63, 3.8) is 0 Å². The van der Waals surface area contributed by atoms with Crippen molar-refractivity contribution >= 4 is 11.9 Å². The molecule has 1 atom stereocenters. The average molecular weight is 293 g/mol. The molecule has 1 aromatic rings. The van der Waals surface area contributed by atoms with Crippen LogP contribution < -0.4 is 10.1 Å². The van der Waals surface area contributed by atoms with Gasteiger partial charge >= 0.3 is 5.97 Å². The molecule has 0 saturated heterocycles. The molecule has 1 aromatic carbocycles. The van der Waals surface area contributed by atoms with Crippen LogP contribution in [0.4, 0.5) is 0 Å². The van der Waals surface area contributed by atoms with Crippen molar-refractivity contribution in [1.29, 1.82) is 0 Å². The number of carbonyl (C=O) groups excluding carboxylic acids is 1. The molecule has 0 fully saturated rings. The SMILES string of the molecule is Cc1ccccc1OCCC(=O)NC(C)CCCC(=O)O. The number of nitrogens with one attached hydrogen (secondary N) is 1. The maximum Gasteiger partial charge on any atom is 0.303 e. The van der Waals surface area contributed by atoms with Gasteiger partial charge in [-0.05, 0) is 38.3 Å². The van der Waals surface area contributed by atoms with E-state index >= 15 is 0 Å². The number of amides is 1. The predicted molar refractivity (Wildman–Crippen MR) is 80.4 cm³/mol. The Balaban J connectivity index is 2.19. The molecule has 0 aliphatic rings. The van der Waals surface area contributed by atoms with E-state index < -0.39 is 5.97 Å². The van der Waals surface area contributed by atoms with Crippen LogP contribution in [-0.2, 0) is 9.59 Å². The molecule has 0 aliphatic carbocycles. The van der Waals surface area contributed by atoms with E-state index in [1.54, 1.807) is 0 Å². The van der Waals surface area contributed by atoms with E-state index in [1.807, 2.05) is 38.1 Å². The Morgan fingerprint density at radius 1 is 1.29 bits per heavy atom. The van der Waals surface area contributed by atoms with E-state index in [-0.39, 0.29) is 24.8 Å². The smallest absolute Gasteiger partial charge is 0.303 e. The molecule has 1 amide bonds.